The van der Waals surface area contributed by atoms with Gasteiger partial charge in [-0.05, 0) is 42.9 Å². The molecule has 1 saturated carbocycles. The first-order chi connectivity index (χ1) is 12.8. The number of benzene rings is 2. The maximum absolute atomic E-state index is 12.8. The fraction of sp³-hybridized carbons (Fsp3) is 0.364. The number of rotatable bonds is 3. The molecule has 2 fully saturated rings. The Labute approximate surface area is 152 Å². The van der Waals surface area contributed by atoms with E-state index in [0.29, 0.717) is 17.7 Å². The van der Waals surface area contributed by atoms with Gasteiger partial charge in [0.15, 0.2) is 11.5 Å². The molecule has 0 unspecified atom stereocenters. The molecule has 1 amide bonds. The Bertz CT molecular complexity index is 892. The lowest BCUT2D eigenvalue weighted by Gasteiger charge is -2.31. The first kappa shape index (κ1) is 15.6. The highest BCUT2D eigenvalue weighted by Gasteiger charge is 2.46. The van der Waals surface area contributed by atoms with Crippen LogP contribution in [0.5, 0.6) is 0 Å². The average molecular weight is 346 g/mol. The highest BCUT2D eigenvalue weighted by atomic mass is 16.3. The summed E-state index contributed by atoms with van der Waals surface area (Å²) in [6.07, 6.45) is 2.86. The van der Waals surface area contributed by atoms with E-state index in [1.54, 1.807) is 0 Å². The second kappa shape index (κ2) is 6.27. The Morgan fingerprint density at radius 2 is 1.73 bits per heavy atom. The van der Waals surface area contributed by atoms with Gasteiger partial charge in [-0.3, -0.25) is 4.79 Å². The van der Waals surface area contributed by atoms with E-state index in [2.05, 4.69) is 29.2 Å². The van der Waals surface area contributed by atoms with Crippen LogP contribution in [0.4, 0.5) is 0 Å². The molecule has 3 aromatic rings. The molecule has 2 aromatic carbocycles. The molecule has 1 aliphatic carbocycles. The van der Waals surface area contributed by atoms with Crippen LogP contribution in [0.25, 0.3) is 11.1 Å². The van der Waals surface area contributed by atoms with E-state index in [1.807, 2.05) is 35.2 Å². The number of para-hydroxylation sites is 2. The largest absolute Gasteiger partial charge is 0.440 e. The van der Waals surface area contributed by atoms with E-state index in [0.717, 1.165) is 49.3 Å². The zero-order valence-electron chi connectivity index (χ0n) is 14.7. The maximum Gasteiger partial charge on any atom is 0.226 e. The van der Waals surface area contributed by atoms with Crippen molar-refractivity contribution in [1.82, 2.24) is 9.88 Å². The van der Waals surface area contributed by atoms with Crippen molar-refractivity contribution >= 4 is 17.0 Å². The normalized spacial score (nSPS) is 23.3. The molecule has 0 bridgehead atoms. The van der Waals surface area contributed by atoms with E-state index in [9.17, 15) is 4.79 Å². The molecule has 26 heavy (non-hydrogen) atoms. The topological polar surface area (TPSA) is 46.3 Å². The van der Waals surface area contributed by atoms with Crippen molar-refractivity contribution in [1.29, 1.82) is 0 Å². The molecule has 4 nitrogen and oxygen atoms in total. The van der Waals surface area contributed by atoms with Gasteiger partial charge in [0.25, 0.3) is 0 Å². The lowest BCUT2D eigenvalue weighted by atomic mass is 9.96. The van der Waals surface area contributed by atoms with Crippen LogP contribution in [0.15, 0.2) is 59.0 Å². The number of fused-ring (bicyclic) bond motifs is 1. The molecule has 0 spiro atoms. The van der Waals surface area contributed by atoms with Crippen molar-refractivity contribution < 1.29 is 9.21 Å². The zero-order valence-corrected chi connectivity index (χ0v) is 14.7. The Balaban J connectivity index is 1.21. The Kier molecular flexibility index (Phi) is 3.77. The second-order valence-electron chi connectivity index (χ2n) is 7.48. The summed E-state index contributed by atoms with van der Waals surface area (Å²) in [4.78, 5) is 19.5. The van der Waals surface area contributed by atoms with Gasteiger partial charge in [-0.15, -0.1) is 0 Å². The van der Waals surface area contributed by atoms with Crippen LogP contribution < -0.4 is 0 Å². The van der Waals surface area contributed by atoms with Crippen LogP contribution in [0.1, 0.15) is 42.6 Å². The number of hydrogen-bond acceptors (Lipinski definition) is 3. The second-order valence-corrected chi connectivity index (χ2v) is 7.48. The highest BCUT2D eigenvalue weighted by Crippen LogP contribution is 2.48. The Morgan fingerprint density at radius 3 is 2.50 bits per heavy atom. The molecule has 4 heteroatoms. The van der Waals surface area contributed by atoms with E-state index in [4.69, 9.17) is 4.42 Å². The summed E-state index contributed by atoms with van der Waals surface area (Å²) in [5.41, 5.74) is 3.07. The first-order valence-corrected chi connectivity index (χ1v) is 9.49. The van der Waals surface area contributed by atoms with E-state index >= 15 is 0 Å². The number of hydrogen-bond donors (Lipinski definition) is 0. The zero-order chi connectivity index (χ0) is 17.5. The number of carbonyl (C=O) groups is 1. The number of nitrogens with zero attached hydrogens (tertiary/aromatic N) is 2. The van der Waals surface area contributed by atoms with E-state index in [-0.39, 0.29) is 5.92 Å². The number of amides is 1. The predicted octanol–water partition coefficient (Wildman–Crippen LogP) is 4.34. The van der Waals surface area contributed by atoms with Crippen molar-refractivity contribution in [3.63, 3.8) is 0 Å². The number of piperidine rings is 1. The standard InChI is InChI=1S/C22H22N2O2/c25-22(18-14-17(18)15-6-2-1-3-7-15)24-12-10-16(11-13-24)21-23-19-8-4-5-9-20(19)26-21/h1-9,16-18H,10-14H2/t17-,18-/m1/s1. The third kappa shape index (κ3) is 2.79. The van der Waals surface area contributed by atoms with Crippen molar-refractivity contribution in [2.24, 2.45) is 5.92 Å². The van der Waals surface area contributed by atoms with Crippen LogP contribution in [-0.4, -0.2) is 28.9 Å². The third-order valence-electron chi connectivity index (χ3n) is 5.80. The van der Waals surface area contributed by atoms with Gasteiger partial charge in [0.2, 0.25) is 5.91 Å². The van der Waals surface area contributed by atoms with Gasteiger partial charge in [0.05, 0.1) is 0 Å². The minimum Gasteiger partial charge on any atom is -0.440 e. The summed E-state index contributed by atoms with van der Waals surface area (Å²) in [6.45, 7) is 1.61. The van der Waals surface area contributed by atoms with Gasteiger partial charge in [0.1, 0.15) is 5.52 Å². The van der Waals surface area contributed by atoms with E-state index in [1.165, 1.54) is 5.56 Å². The third-order valence-corrected chi connectivity index (χ3v) is 5.80. The molecule has 2 atom stereocenters. The first-order valence-electron chi connectivity index (χ1n) is 9.49. The molecule has 2 heterocycles. The number of carbonyl (C=O) groups excluding carboxylic acids is 1. The number of oxazole rings is 1. The quantitative estimate of drug-likeness (QED) is 0.709. The summed E-state index contributed by atoms with van der Waals surface area (Å²) < 4.78 is 5.92. The summed E-state index contributed by atoms with van der Waals surface area (Å²) in [6, 6.07) is 18.3. The molecule has 5 rings (SSSR count). The van der Waals surface area contributed by atoms with Gasteiger partial charge in [-0.25, -0.2) is 4.98 Å². The molecule has 0 radical (unpaired) electrons. The molecule has 1 saturated heterocycles. The SMILES string of the molecule is O=C([C@@H]1C[C@@H]1c1ccccc1)N1CCC(c2nc3ccccc3o2)CC1. The molecule has 2 aliphatic rings. The van der Waals surface area contributed by atoms with Crippen LogP contribution in [0, 0.1) is 5.92 Å². The van der Waals surface area contributed by atoms with Crippen molar-refractivity contribution in [2.45, 2.75) is 31.1 Å². The monoisotopic (exact) mass is 346 g/mol. The maximum atomic E-state index is 12.8. The molecular formula is C22H22N2O2. The summed E-state index contributed by atoms with van der Waals surface area (Å²) in [5, 5.41) is 0. The lowest BCUT2D eigenvalue weighted by Crippen LogP contribution is -2.39. The van der Waals surface area contributed by atoms with Crippen molar-refractivity contribution in [2.75, 3.05) is 13.1 Å². The Hall–Kier alpha value is -2.62. The van der Waals surface area contributed by atoms with Crippen LogP contribution in [0.3, 0.4) is 0 Å². The minimum atomic E-state index is 0.179. The molecule has 0 N–H and O–H groups in total. The number of aromatic nitrogens is 1. The number of likely N-dealkylation sites (tertiary alicyclic amines) is 1. The van der Waals surface area contributed by atoms with Crippen LogP contribution in [-0.2, 0) is 4.79 Å². The van der Waals surface area contributed by atoms with Crippen LogP contribution >= 0.6 is 0 Å². The summed E-state index contributed by atoms with van der Waals surface area (Å²) >= 11 is 0. The minimum absolute atomic E-state index is 0.179. The molecule has 132 valence electrons. The summed E-state index contributed by atoms with van der Waals surface area (Å²) in [7, 11) is 0. The summed E-state index contributed by atoms with van der Waals surface area (Å²) in [5.74, 6) is 2.06. The fourth-order valence-electron chi connectivity index (χ4n) is 4.18. The average Bonchev–Trinajstić information content (AvgIpc) is 3.39. The van der Waals surface area contributed by atoms with Crippen molar-refractivity contribution in [3.8, 4) is 0 Å². The highest BCUT2D eigenvalue weighted by molar-refractivity contribution is 5.83. The van der Waals surface area contributed by atoms with Crippen LogP contribution in [0.2, 0.25) is 0 Å². The Morgan fingerprint density at radius 1 is 1.00 bits per heavy atom. The van der Waals surface area contributed by atoms with Gasteiger partial charge in [-0.2, -0.15) is 0 Å². The van der Waals surface area contributed by atoms with Gasteiger partial charge >= 0.3 is 0 Å². The molecule has 1 aromatic heterocycles. The van der Waals surface area contributed by atoms with Gasteiger partial charge in [0, 0.05) is 24.9 Å². The smallest absolute Gasteiger partial charge is 0.226 e. The van der Waals surface area contributed by atoms with Gasteiger partial charge < -0.3 is 9.32 Å². The molecule has 1 aliphatic heterocycles. The predicted molar refractivity (Wildman–Crippen MR) is 99.9 cm³/mol. The lowest BCUT2D eigenvalue weighted by molar-refractivity contribution is -0.133. The van der Waals surface area contributed by atoms with Crippen molar-refractivity contribution in [3.05, 3.63) is 66.1 Å². The van der Waals surface area contributed by atoms with Gasteiger partial charge in [-0.1, -0.05) is 42.5 Å². The van der Waals surface area contributed by atoms with E-state index < -0.39 is 0 Å². The fourth-order valence-corrected chi connectivity index (χ4v) is 4.18. The molecular weight excluding hydrogens is 324 g/mol.